The van der Waals surface area contributed by atoms with E-state index in [0.717, 1.165) is 0 Å². The van der Waals surface area contributed by atoms with Crippen LogP contribution in [0.15, 0.2) is 23.8 Å². The van der Waals surface area contributed by atoms with Gasteiger partial charge in [-0.2, -0.15) is 0 Å². The second-order valence-electron chi connectivity index (χ2n) is 10.6. The second-order valence-corrected chi connectivity index (χ2v) is 12.0. The van der Waals surface area contributed by atoms with Crippen LogP contribution in [0, 0.1) is 28.6 Å². The van der Waals surface area contributed by atoms with Crippen LogP contribution in [0.3, 0.4) is 0 Å². The van der Waals surface area contributed by atoms with Gasteiger partial charge in [-0.1, -0.05) is 26.8 Å². The Morgan fingerprint density at radius 2 is 1.97 bits per heavy atom. The average molecular weight is 517 g/mol. The van der Waals surface area contributed by atoms with E-state index >= 15 is 4.39 Å². The molecule has 0 saturated heterocycles. The SMILES string of the molecule is CCC(=O)OC1(C(=O)SCF)[C@H](C)C[C@H]2[C@@H]3C[C@H](Cl)C4=CC(=O)C=C[C@]4(C)[C@@]3(F)[C@@H](O)C[C@@]21C. The third kappa shape index (κ3) is 3.10. The fraction of sp³-hybridized carbons (Fsp3) is 0.720. The number of rotatable bonds is 4. The lowest BCUT2D eigenvalue weighted by atomic mass is 9.44. The second kappa shape index (κ2) is 8.41. The van der Waals surface area contributed by atoms with Gasteiger partial charge in [-0.3, -0.25) is 14.4 Å². The molecule has 0 aliphatic heterocycles. The highest BCUT2D eigenvalue weighted by atomic mass is 35.5. The number of carbonyl (C=O) groups is 3. The third-order valence-corrected chi connectivity index (χ3v) is 10.3. The summed E-state index contributed by atoms with van der Waals surface area (Å²) >= 11 is 7.17. The normalized spacial score (nSPS) is 47.4. The fourth-order valence-electron chi connectivity index (χ4n) is 7.63. The highest BCUT2D eigenvalue weighted by Crippen LogP contribution is 2.72. The molecule has 34 heavy (non-hydrogen) atoms. The van der Waals surface area contributed by atoms with Gasteiger partial charge in [0.25, 0.3) is 0 Å². The molecule has 4 aliphatic rings. The van der Waals surface area contributed by atoms with Gasteiger partial charge < -0.3 is 9.84 Å². The van der Waals surface area contributed by atoms with Crippen molar-refractivity contribution in [2.45, 2.75) is 76.1 Å². The van der Waals surface area contributed by atoms with E-state index in [2.05, 4.69) is 0 Å². The summed E-state index contributed by atoms with van der Waals surface area (Å²) in [5.74, 6) is -2.62. The number of aliphatic hydroxyl groups is 1. The van der Waals surface area contributed by atoms with E-state index in [9.17, 15) is 23.9 Å². The maximum Gasteiger partial charge on any atom is 0.306 e. The number of ether oxygens (including phenoxy) is 1. The topological polar surface area (TPSA) is 80.7 Å². The molecule has 188 valence electrons. The van der Waals surface area contributed by atoms with Gasteiger partial charge in [-0.05, 0) is 61.6 Å². The van der Waals surface area contributed by atoms with E-state index in [1.54, 1.807) is 27.7 Å². The number of esters is 1. The first kappa shape index (κ1) is 25.8. The summed E-state index contributed by atoms with van der Waals surface area (Å²) in [7, 11) is 0. The molecule has 3 saturated carbocycles. The van der Waals surface area contributed by atoms with Gasteiger partial charge >= 0.3 is 5.97 Å². The molecule has 9 heteroatoms. The Hall–Kier alpha value is -1.25. The third-order valence-electron chi connectivity index (χ3n) is 9.22. The van der Waals surface area contributed by atoms with Crippen LogP contribution in [-0.2, 0) is 19.1 Å². The van der Waals surface area contributed by atoms with Crippen molar-refractivity contribution in [1.82, 2.24) is 0 Å². The summed E-state index contributed by atoms with van der Waals surface area (Å²) in [5.41, 5.74) is -5.82. The van der Waals surface area contributed by atoms with E-state index in [-0.39, 0.29) is 25.0 Å². The van der Waals surface area contributed by atoms with Crippen molar-refractivity contribution in [3.8, 4) is 0 Å². The number of aliphatic hydroxyl groups excluding tert-OH is 1. The van der Waals surface area contributed by atoms with E-state index in [1.807, 2.05) is 0 Å². The molecule has 0 aromatic carbocycles. The largest absolute Gasteiger partial charge is 0.449 e. The maximum atomic E-state index is 17.3. The highest BCUT2D eigenvalue weighted by Gasteiger charge is 2.78. The summed E-state index contributed by atoms with van der Waals surface area (Å²) in [5, 5.41) is 10.2. The van der Waals surface area contributed by atoms with Gasteiger partial charge in [0, 0.05) is 29.1 Å². The number of thioether (sulfide) groups is 1. The van der Waals surface area contributed by atoms with Crippen LogP contribution in [0.25, 0.3) is 0 Å². The molecule has 1 unspecified atom stereocenters. The summed E-state index contributed by atoms with van der Waals surface area (Å²) in [6.07, 6.45) is 3.04. The molecule has 0 bridgehead atoms. The van der Waals surface area contributed by atoms with Crippen molar-refractivity contribution in [2.75, 3.05) is 6.01 Å². The Labute approximate surface area is 207 Å². The van der Waals surface area contributed by atoms with Crippen molar-refractivity contribution in [1.29, 1.82) is 0 Å². The van der Waals surface area contributed by atoms with E-state index < -0.39 is 68.4 Å². The van der Waals surface area contributed by atoms with E-state index in [0.29, 0.717) is 23.8 Å². The molecule has 1 N–H and O–H groups in total. The number of allylic oxidation sites excluding steroid dienone is 4. The van der Waals surface area contributed by atoms with Gasteiger partial charge in [-0.15, -0.1) is 11.6 Å². The molecular formula is C25H31ClF2O5S. The van der Waals surface area contributed by atoms with Crippen molar-refractivity contribution >= 4 is 40.2 Å². The van der Waals surface area contributed by atoms with Gasteiger partial charge in [-0.25, -0.2) is 8.78 Å². The Balaban J connectivity index is 1.87. The monoisotopic (exact) mass is 516 g/mol. The molecule has 9 atom stereocenters. The lowest BCUT2D eigenvalue weighted by Crippen LogP contribution is -2.70. The minimum atomic E-state index is -2.15. The minimum absolute atomic E-state index is 0.0244. The Morgan fingerprint density at radius 3 is 2.59 bits per heavy atom. The molecule has 0 aromatic rings. The van der Waals surface area contributed by atoms with Gasteiger partial charge in [0.05, 0.1) is 11.5 Å². The molecule has 3 fully saturated rings. The van der Waals surface area contributed by atoms with Crippen molar-refractivity contribution in [3.05, 3.63) is 23.8 Å². The smallest absolute Gasteiger partial charge is 0.306 e. The molecule has 0 radical (unpaired) electrons. The van der Waals surface area contributed by atoms with Crippen LogP contribution in [0.5, 0.6) is 0 Å². The van der Waals surface area contributed by atoms with Crippen LogP contribution in [0.2, 0.25) is 0 Å². The first-order valence-corrected chi connectivity index (χ1v) is 13.2. The zero-order chi connectivity index (χ0) is 25.3. The molecule has 0 spiro atoms. The van der Waals surface area contributed by atoms with Gasteiger partial charge in [0.2, 0.25) is 5.12 Å². The highest BCUT2D eigenvalue weighted by molar-refractivity contribution is 8.13. The fourth-order valence-corrected chi connectivity index (χ4v) is 8.90. The van der Waals surface area contributed by atoms with Crippen LogP contribution < -0.4 is 0 Å². The molecule has 4 rings (SSSR count). The van der Waals surface area contributed by atoms with Crippen molar-refractivity contribution in [2.24, 2.45) is 28.6 Å². The Bertz CT molecular complexity index is 986. The van der Waals surface area contributed by atoms with Crippen molar-refractivity contribution < 1.29 is 33.0 Å². The summed E-state index contributed by atoms with van der Waals surface area (Å²) < 4.78 is 36.5. The lowest BCUT2D eigenvalue weighted by Gasteiger charge is -2.63. The number of hydrogen-bond acceptors (Lipinski definition) is 6. The lowest BCUT2D eigenvalue weighted by molar-refractivity contribution is -0.224. The Morgan fingerprint density at radius 1 is 1.29 bits per heavy atom. The van der Waals surface area contributed by atoms with E-state index in [4.69, 9.17) is 16.3 Å². The zero-order valence-corrected chi connectivity index (χ0v) is 21.3. The number of halogens is 3. The predicted octanol–water partition coefficient (Wildman–Crippen LogP) is 4.70. The molecule has 0 aromatic heterocycles. The number of fused-ring (bicyclic) bond motifs is 5. The molecule has 5 nitrogen and oxygen atoms in total. The Kier molecular flexibility index (Phi) is 6.39. The first-order chi connectivity index (χ1) is 15.8. The zero-order valence-electron chi connectivity index (χ0n) is 19.8. The van der Waals surface area contributed by atoms with Gasteiger partial charge in [0.1, 0.15) is 6.01 Å². The predicted molar refractivity (Wildman–Crippen MR) is 126 cm³/mol. The standard InChI is InChI=1S/C25H31ClF2O5S/c1-5-20(31)33-25(21(32)34-12-27)13(2)8-15-16-10-18(26)17-9-14(29)6-7-22(17,3)24(16,28)19(30)11-23(15,25)4/h6-7,9,13,15-16,18-19,30H,5,8,10-12H2,1-4H3/t13-,15+,16+,18+,19+,22+,23+,24+,25?/m1/s1. The van der Waals surface area contributed by atoms with Crippen molar-refractivity contribution in [3.63, 3.8) is 0 Å². The number of alkyl halides is 3. The summed E-state index contributed by atoms with van der Waals surface area (Å²) in [4.78, 5) is 38.0. The van der Waals surface area contributed by atoms with Crippen LogP contribution in [0.4, 0.5) is 8.78 Å². The molecule has 0 amide bonds. The first-order valence-electron chi connectivity index (χ1n) is 11.7. The number of hydrogen-bond donors (Lipinski definition) is 1. The molecule has 0 heterocycles. The van der Waals surface area contributed by atoms with Gasteiger partial charge in [0.15, 0.2) is 17.1 Å². The average Bonchev–Trinajstić information content (AvgIpc) is 2.99. The molecule has 4 aliphatic carbocycles. The van der Waals surface area contributed by atoms with Crippen LogP contribution in [-0.4, -0.2) is 50.7 Å². The van der Waals surface area contributed by atoms with Crippen LogP contribution >= 0.6 is 23.4 Å². The number of carbonyl (C=O) groups excluding carboxylic acids is 3. The quantitative estimate of drug-likeness (QED) is 0.431. The minimum Gasteiger partial charge on any atom is -0.449 e. The summed E-state index contributed by atoms with van der Waals surface area (Å²) in [6, 6.07) is -0.981. The maximum absolute atomic E-state index is 17.3. The van der Waals surface area contributed by atoms with E-state index in [1.165, 1.54) is 18.2 Å². The molecular weight excluding hydrogens is 486 g/mol. The van der Waals surface area contributed by atoms with Crippen LogP contribution in [0.1, 0.15) is 53.4 Å². The summed E-state index contributed by atoms with van der Waals surface area (Å²) in [6.45, 7) is 6.78. The number of ketones is 1.